The molecule has 0 aliphatic carbocycles. The normalized spacial score (nSPS) is 12.2. The number of hydrogen-bond donors (Lipinski definition) is 3. The highest BCUT2D eigenvalue weighted by molar-refractivity contribution is 9.10. The summed E-state index contributed by atoms with van der Waals surface area (Å²) in [4.78, 5) is 11.9. The molecule has 0 unspecified atom stereocenters. The summed E-state index contributed by atoms with van der Waals surface area (Å²) in [5.74, 6) is 1.31. The maximum absolute atomic E-state index is 11.9. The van der Waals surface area contributed by atoms with Crippen molar-refractivity contribution in [2.75, 3.05) is 25.8 Å². The molecule has 8 nitrogen and oxygen atoms in total. The lowest BCUT2D eigenvalue weighted by atomic mass is 10.2. The van der Waals surface area contributed by atoms with E-state index in [1.54, 1.807) is 30.3 Å². The third kappa shape index (κ3) is 4.17. The number of aromatic hydroxyl groups is 1. The number of amides is 1. The number of hydrogen-bond acceptors (Lipinski definition) is 7. The van der Waals surface area contributed by atoms with Crippen LogP contribution in [0, 0.1) is 0 Å². The Balaban J connectivity index is 1.52. The summed E-state index contributed by atoms with van der Waals surface area (Å²) in [7, 11) is 1.45. The van der Waals surface area contributed by atoms with E-state index in [-0.39, 0.29) is 25.0 Å². The molecule has 0 aromatic heterocycles. The van der Waals surface area contributed by atoms with E-state index in [9.17, 15) is 9.90 Å². The molecule has 0 fully saturated rings. The molecule has 1 aliphatic heterocycles. The Morgan fingerprint density at radius 1 is 1.35 bits per heavy atom. The van der Waals surface area contributed by atoms with Gasteiger partial charge >= 0.3 is 0 Å². The zero-order chi connectivity index (χ0) is 18.5. The minimum absolute atomic E-state index is 0.00149. The highest BCUT2D eigenvalue weighted by atomic mass is 79.9. The van der Waals surface area contributed by atoms with Crippen LogP contribution in [0.1, 0.15) is 5.56 Å². The van der Waals surface area contributed by atoms with Crippen molar-refractivity contribution in [2.45, 2.75) is 0 Å². The van der Waals surface area contributed by atoms with Gasteiger partial charge in [0.05, 0.1) is 24.3 Å². The number of carbonyl (C=O) groups is 1. The standard InChI is InChI=1S/C17H16BrN3O5/c1-24-15-5-10(4-12(18)17(15)23)7-20-21-16(22)8-19-11-2-3-13-14(6-11)26-9-25-13/h2-7,19,23H,8-9H2,1H3,(H,21,22)/b20-7+. The van der Waals surface area contributed by atoms with Crippen LogP contribution in [0.25, 0.3) is 0 Å². The second-order valence-electron chi connectivity index (χ2n) is 5.27. The van der Waals surface area contributed by atoms with Gasteiger partial charge in [0.15, 0.2) is 23.0 Å². The number of phenolic OH excluding ortho intramolecular Hbond substituents is 1. The number of fused-ring (bicyclic) bond motifs is 1. The first-order valence-electron chi connectivity index (χ1n) is 7.59. The van der Waals surface area contributed by atoms with E-state index < -0.39 is 0 Å². The second kappa shape index (κ2) is 7.96. The number of ether oxygens (including phenoxy) is 3. The number of nitrogens with zero attached hydrogens (tertiary/aromatic N) is 1. The van der Waals surface area contributed by atoms with Crippen molar-refractivity contribution < 1.29 is 24.1 Å². The van der Waals surface area contributed by atoms with Crippen LogP contribution in [0.3, 0.4) is 0 Å². The van der Waals surface area contributed by atoms with Crippen LogP contribution in [-0.4, -0.2) is 37.7 Å². The maximum Gasteiger partial charge on any atom is 0.259 e. The molecule has 0 saturated heterocycles. The SMILES string of the molecule is COc1cc(/C=N/NC(=O)CNc2ccc3c(c2)OCO3)cc(Br)c1O. The van der Waals surface area contributed by atoms with Crippen molar-refractivity contribution in [3.63, 3.8) is 0 Å². The second-order valence-corrected chi connectivity index (χ2v) is 6.12. The Labute approximate surface area is 157 Å². The van der Waals surface area contributed by atoms with Crippen LogP contribution in [-0.2, 0) is 4.79 Å². The molecule has 1 aliphatic rings. The zero-order valence-corrected chi connectivity index (χ0v) is 15.4. The summed E-state index contributed by atoms with van der Waals surface area (Å²) in [6.45, 7) is 0.242. The third-order valence-electron chi connectivity index (χ3n) is 3.50. The number of rotatable bonds is 6. The predicted molar refractivity (Wildman–Crippen MR) is 99.2 cm³/mol. The fourth-order valence-corrected chi connectivity index (χ4v) is 2.69. The minimum Gasteiger partial charge on any atom is -0.503 e. The van der Waals surface area contributed by atoms with Crippen LogP contribution in [0.15, 0.2) is 39.9 Å². The fourth-order valence-electron chi connectivity index (χ4n) is 2.23. The molecule has 3 rings (SSSR count). The number of anilines is 1. The topological polar surface area (TPSA) is 101 Å². The molecular formula is C17H16BrN3O5. The molecule has 9 heteroatoms. The van der Waals surface area contributed by atoms with E-state index in [0.29, 0.717) is 27.3 Å². The van der Waals surface area contributed by atoms with Crippen LogP contribution in [0.2, 0.25) is 0 Å². The molecule has 0 saturated carbocycles. The molecule has 26 heavy (non-hydrogen) atoms. The molecular weight excluding hydrogens is 406 g/mol. The largest absolute Gasteiger partial charge is 0.503 e. The number of carbonyl (C=O) groups excluding carboxylic acids is 1. The molecule has 1 heterocycles. The van der Waals surface area contributed by atoms with Gasteiger partial charge in [-0.1, -0.05) is 0 Å². The van der Waals surface area contributed by atoms with Gasteiger partial charge in [0, 0.05) is 11.8 Å². The molecule has 0 atom stereocenters. The lowest BCUT2D eigenvalue weighted by Crippen LogP contribution is -2.25. The highest BCUT2D eigenvalue weighted by Crippen LogP contribution is 2.35. The Bertz CT molecular complexity index is 857. The molecule has 3 N–H and O–H groups in total. The lowest BCUT2D eigenvalue weighted by Gasteiger charge is -2.07. The zero-order valence-electron chi connectivity index (χ0n) is 13.8. The fraction of sp³-hybridized carbons (Fsp3) is 0.176. The van der Waals surface area contributed by atoms with Crippen molar-refractivity contribution in [2.24, 2.45) is 5.10 Å². The summed E-state index contributed by atoms with van der Waals surface area (Å²) >= 11 is 3.22. The first-order valence-corrected chi connectivity index (χ1v) is 8.38. The van der Waals surface area contributed by atoms with E-state index in [0.717, 1.165) is 5.69 Å². The summed E-state index contributed by atoms with van der Waals surface area (Å²) in [6, 6.07) is 8.58. The van der Waals surface area contributed by atoms with Gasteiger partial charge in [0.2, 0.25) is 6.79 Å². The third-order valence-corrected chi connectivity index (χ3v) is 4.10. The Morgan fingerprint density at radius 3 is 2.96 bits per heavy atom. The van der Waals surface area contributed by atoms with Gasteiger partial charge in [-0.05, 0) is 45.8 Å². The number of phenols is 1. The monoisotopic (exact) mass is 421 g/mol. The van der Waals surface area contributed by atoms with Gasteiger partial charge in [-0.3, -0.25) is 4.79 Å². The number of hydrazone groups is 1. The van der Waals surface area contributed by atoms with E-state index in [1.807, 2.05) is 0 Å². The summed E-state index contributed by atoms with van der Waals surface area (Å²) in [5.41, 5.74) is 3.80. The molecule has 0 bridgehead atoms. The van der Waals surface area contributed by atoms with Gasteiger partial charge in [0.1, 0.15) is 0 Å². The van der Waals surface area contributed by atoms with Crippen LogP contribution >= 0.6 is 15.9 Å². The van der Waals surface area contributed by atoms with E-state index in [2.05, 4.69) is 31.8 Å². The van der Waals surface area contributed by atoms with E-state index in [4.69, 9.17) is 14.2 Å². The van der Waals surface area contributed by atoms with E-state index in [1.165, 1.54) is 13.3 Å². The first kappa shape index (κ1) is 17.9. The quantitative estimate of drug-likeness (QED) is 0.489. The first-order chi connectivity index (χ1) is 12.6. The highest BCUT2D eigenvalue weighted by Gasteiger charge is 2.13. The van der Waals surface area contributed by atoms with Gasteiger partial charge in [-0.25, -0.2) is 5.43 Å². The Kier molecular flexibility index (Phi) is 5.47. The van der Waals surface area contributed by atoms with Gasteiger partial charge < -0.3 is 24.6 Å². The summed E-state index contributed by atoms with van der Waals surface area (Å²) < 4.78 is 16.0. The Morgan fingerprint density at radius 2 is 2.15 bits per heavy atom. The van der Waals surface area contributed by atoms with Crippen LogP contribution in [0.5, 0.6) is 23.0 Å². The minimum atomic E-state index is -0.316. The predicted octanol–water partition coefficient (Wildman–Crippen LogP) is 2.45. The Hall–Kier alpha value is -2.94. The van der Waals surface area contributed by atoms with Crippen molar-refractivity contribution in [1.29, 1.82) is 0 Å². The van der Waals surface area contributed by atoms with Crippen molar-refractivity contribution in [3.8, 4) is 23.0 Å². The molecule has 136 valence electrons. The number of nitrogens with one attached hydrogen (secondary N) is 2. The molecule has 1 amide bonds. The molecule has 2 aromatic carbocycles. The number of benzene rings is 2. The summed E-state index contributed by atoms with van der Waals surface area (Å²) in [6.07, 6.45) is 1.45. The van der Waals surface area contributed by atoms with Crippen LogP contribution in [0.4, 0.5) is 5.69 Å². The average molecular weight is 422 g/mol. The number of halogens is 1. The summed E-state index contributed by atoms with van der Waals surface area (Å²) in [5, 5.41) is 16.6. The maximum atomic E-state index is 11.9. The number of methoxy groups -OCH3 is 1. The van der Waals surface area contributed by atoms with Crippen molar-refractivity contribution >= 4 is 33.7 Å². The van der Waals surface area contributed by atoms with Crippen LogP contribution < -0.4 is 25.0 Å². The van der Waals surface area contributed by atoms with Gasteiger partial charge in [-0.2, -0.15) is 5.10 Å². The van der Waals surface area contributed by atoms with Gasteiger partial charge in [-0.15, -0.1) is 0 Å². The molecule has 0 radical (unpaired) electrons. The molecule has 2 aromatic rings. The van der Waals surface area contributed by atoms with Crippen molar-refractivity contribution in [3.05, 3.63) is 40.4 Å². The van der Waals surface area contributed by atoms with Crippen molar-refractivity contribution in [1.82, 2.24) is 5.43 Å². The van der Waals surface area contributed by atoms with E-state index >= 15 is 0 Å². The van der Waals surface area contributed by atoms with Gasteiger partial charge in [0.25, 0.3) is 5.91 Å². The molecule has 0 spiro atoms. The average Bonchev–Trinajstić information content (AvgIpc) is 3.10. The smallest absolute Gasteiger partial charge is 0.259 e. The lowest BCUT2D eigenvalue weighted by molar-refractivity contribution is -0.119.